The normalized spacial score (nSPS) is 12.4. The Morgan fingerprint density at radius 3 is 2.37 bits per heavy atom. The van der Waals surface area contributed by atoms with Crippen LogP contribution in [0.1, 0.15) is 17.2 Å². The summed E-state index contributed by atoms with van der Waals surface area (Å²) in [6, 6.07) is 13.6. The van der Waals surface area contributed by atoms with Gasteiger partial charge in [-0.1, -0.05) is 47.5 Å². The molecule has 0 spiro atoms. The molecule has 0 fully saturated rings. The zero-order chi connectivity index (χ0) is 13.8. The molecule has 0 aromatic heterocycles. The van der Waals surface area contributed by atoms with E-state index >= 15 is 0 Å². The van der Waals surface area contributed by atoms with E-state index in [1.807, 2.05) is 30.5 Å². The zero-order valence-electron chi connectivity index (χ0n) is 10.4. The van der Waals surface area contributed by atoms with Crippen LogP contribution in [0.4, 0.5) is 0 Å². The summed E-state index contributed by atoms with van der Waals surface area (Å²) in [5.41, 5.74) is 4.71. The molecule has 0 bridgehead atoms. The number of benzene rings is 2. The SMILES string of the molecule is CSc1ccc(C(NN)c2cccc(Cl)c2Cl)cc1. The summed E-state index contributed by atoms with van der Waals surface area (Å²) in [5, 5.41) is 1.06. The second-order valence-electron chi connectivity index (χ2n) is 4.02. The van der Waals surface area contributed by atoms with Crippen LogP contribution in [0, 0.1) is 0 Å². The molecule has 100 valence electrons. The van der Waals surface area contributed by atoms with Crippen molar-refractivity contribution in [2.24, 2.45) is 5.84 Å². The monoisotopic (exact) mass is 312 g/mol. The van der Waals surface area contributed by atoms with Gasteiger partial charge in [-0.05, 0) is 35.6 Å². The molecular weight excluding hydrogens is 299 g/mol. The third-order valence-electron chi connectivity index (χ3n) is 2.91. The molecule has 1 atom stereocenters. The minimum atomic E-state index is -0.179. The van der Waals surface area contributed by atoms with Crippen molar-refractivity contribution in [1.82, 2.24) is 5.43 Å². The van der Waals surface area contributed by atoms with E-state index in [0.717, 1.165) is 11.1 Å². The van der Waals surface area contributed by atoms with Gasteiger partial charge in [0.25, 0.3) is 0 Å². The second-order valence-corrected chi connectivity index (χ2v) is 5.68. The van der Waals surface area contributed by atoms with Crippen molar-refractivity contribution >= 4 is 35.0 Å². The first kappa shape index (κ1) is 14.7. The third-order valence-corrected chi connectivity index (χ3v) is 4.49. The summed E-state index contributed by atoms with van der Waals surface area (Å²) in [7, 11) is 0. The molecule has 2 aromatic rings. The minimum Gasteiger partial charge on any atom is -0.271 e. The van der Waals surface area contributed by atoms with Crippen LogP contribution in [0.25, 0.3) is 0 Å². The average molecular weight is 313 g/mol. The Morgan fingerprint density at radius 2 is 1.79 bits per heavy atom. The van der Waals surface area contributed by atoms with Crippen molar-refractivity contribution in [3.8, 4) is 0 Å². The van der Waals surface area contributed by atoms with E-state index in [2.05, 4.69) is 17.6 Å². The second kappa shape index (κ2) is 6.64. The van der Waals surface area contributed by atoms with Crippen molar-refractivity contribution in [3.63, 3.8) is 0 Å². The van der Waals surface area contributed by atoms with Gasteiger partial charge in [0.2, 0.25) is 0 Å². The molecule has 2 nitrogen and oxygen atoms in total. The van der Waals surface area contributed by atoms with Gasteiger partial charge in [0.05, 0.1) is 16.1 Å². The van der Waals surface area contributed by atoms with E-state index in [0.29, 0.717) is 10.0 Å². The van der Waals surface area contributed by atoms with E-state index in [-0.39, 0.29) is 6.04 Å². The summed E-state index contributed by atoms with van der Waals surface area (Å²) in [5.74, 6) is 5.67. The largest absolute Gasteiger partial charge is 0.271 e. The van der Waals surface area contributed by atoms with E-state index < -0.39 is 0 Å². The maximum Gasteiger partial charge on any atom is 0.0725 e. The Bertz CT molecular complexity index is 558. The van der Waals surface area contributed by atoms with Crippen LogP contribution in [0.3, 0.4) is 0 Å². The van der Waals surface area contributed by atoms with Crippen molar-refractivity contribution in [2.45, 2.75) is 10.9 Å². The van der Waals surface area contributed by atoms with Gasteiger partial charge in [-0.2, -0.15) is 0 Å². The molecule has 0 aliphatic heterocycles. The summed E-state index contributed by atoms with van der Waals surface area (Å²) >= 11 is 14.0. The Morgan fingerprint density at radius 1 is 1.11 bits per heavy atom. The molecule has 1 unspecified atom stereocenters. The molecule has 3 N–H and O–H groups in total. The topological polar surface area (TPSA) is 38.0 Å². The van der Waals surface area contributed by atoms with Gasteiger partial charge in [-0.3, -0.25) is 5.84 Å². The number of hydrogen-bond donors (Lipinski definition) is 2. The predicted molar refractivity (Wildman–Crippen MR) is 83.9 cm³/mol. The van der Waals surface area contributed by atoms with Gasteiger partial charge >= 0.3 is 0 Å². The fraction of sp³-hybridized carbons (Fsp3) is 0.143. The number of hydrogen-bond acceptors (Lipinski definition) is 3. The van der Waals surface area contributed by atoms with Crippen LogP contribution in [0.2, 0.25) is 10.0 Å². The quantitative estimate of drug-likeness (QED) is 0.503. The number of nitrogens with two attached hydrogens (primary N) is 1. The van der Waals surface area contributed by atoms with Crippen LogP contribution in [-0.4, -0.2) is 6.26 Å². The molecule has 19 heavy (non-hydrogen) atoms. The van der Waals surface area contributed by atoms with E-state index in [1.54, 1.807) is 17.8 Å². The van der Waals surface area contributed by atoms with E-state index in [9.17, 15) is 0 Å². The highest BCUT2D eigenvalue weighted by atomic mass is 35.5. The Labute approximate surface area is 127 Å². The van der Waals surface area contributed by atoms with Crippen molar-refractivity contribution in [3.05, 3.63) is 63.6 Å². The highest BCUT2D eigenvalue weighted by Gasteiger charge is 2.16. The van der Waals surface area contributed by atoms with Gasteiger partial charge in [0.1, 0.15) is 0 Å². The standard InChI is InChI=1S/C14H14Cl2N2S/c1-19-10-7-5-9(6-8-10)14(18-17)11-3-2-4-12(15)13(11)16/h2-8,14,18H,17H2,1H3. The van der Waals surface area contributed by atoms with Gasteiger partial charge in [0.15, 0.2) is 0 Å². The number of thioether (sulfide) groups is 1. The van der Waals surface area contributed by atoms with Gasteiger partial charge < -0.3 is 0 Å². The minimum absolute atomic E-state index is 0.179. The maximum atomic E-state index is 6.24. The van der Waals surface area contributed by atoms with Crippen LogP contribution >= 0.6 is 35.0 Å². The van der Waals surface area contributed by atoms with E-state index in [1.165, 1.54) is 4.90 Å². The average Bonchev–Trinajstić information content (AvgIpc) is 2.45. The lowest BCUT2D eigenvalue weighted by Gasteiger charge is -2.19. The Balaban J connectivity index is 2.40. The van der Waals surface area contributed by atoms with Gasteiger partial charge in [-0.25, -0.2) is 5.43 Å². The maximum absolute atomic E-state index is 6.24. The van der Waals surface area contributed by atoms with Crippen LogP contribution in [0.5, 0.6) is 0 Å². The van der Waals surface area contributed by atoms with Crippen molar-refractivity contribution in [2.75, 3.05) is 6.26 Å². The fourth-order valence-electron chi connectivity index (χ4n) is 1.91. The first-order chi connectivity index (χ1) is 9.17. The smallest absolute Gasteiger partial charge is 0.0725 e. The lowest BCUT2D eigenvalue weighted by molar-refractivity contribution is 0.637. The number of halogens is 2. The van der Waals surface area contributed by atoms with Crippen LogP contribution in [-0.2, 0) is 0 Å². The number of nitrogens with one attached hydrogen (secondary N) is 1. The molecular formula is C14H14Cl2N2S. The first-order valence-electron chi connectivity index (χ1n) is 5.71. The molecule has 0 saturated heterocycles. The lowest BCUT2D eigenvalue weighted by atomic mass is 9.99. The molecule has 2 aromatic carbocycles. The Hall–Kier alpha value is -0.710. The molecule has 0 radical (unpaired) electrons. The fourth-order valence-corrected chi connectivity index (χ4v) is 2.73. The molecule has 0 aliphatic rings. The third kappa shape index (κ3) is 3.25. The summed E-state index contributed by atoms with van der Waals surface area (Å²) < 4.78 is 0. The van der Waals surface area contributed by atoms with Gasteiger partial charge in [0, 0.05) is 4.90 Å². The van der Waals surface area contributed by atoms with Gasteiger partial charge in [-0.15, -0.1) is 11.8 Å². The number of hydrazine groups is 1. The molecule has 0 amide bonds. The van der Waals surface area contributed by atoms with Crippen LogP contribution in [0.15, 0.2) is 47.4 Å². The molecule has 0 heterocycles. The lowest BCUT2D eigenvalue weighted by Crippen LogP contribution is -2.29. The predicted octanol–water partition coefficient (Wildman–Crippen LogP) is 4.27. The summed E-state index contributed by atoms with van der Waals surface area (Å²) in [4.78, 5) is 1.21. The number of rotatable bonds is 4. The highest BCUT2D eigenvalue weighted by Crippen LogP contribution is 2.33. The zero-order valence-corrected chi connectivity index (χ0v) is 12.7. The molecule has 2 rings (SSSR count). The van der Waals surface area contributed by atoms with E-state index in [4.69, 9.17) is 29.0 Å². The molecule has 0 saturated carbocycles. The highest BCUT2D eigenvalue weighted by molar-refractivity contribution is 7.98. The first-order valence-corrected chi connectivity index (χ1v) is 7.69. The van der Waals surface area contributed by atoms with Crippen molar-refractivity contribution < 1.29 is 0 Å². The summed E-state index contributed by atoms with van der Waals surface area (Å²) in [6.07, 6.45) is 2.04. The van der Waals surface area contributed by atoms with Crippen LogP contribution < -0.4 is 11.3 Å². The van der Waals surface area contributed by atoms with Crippen molar-refractivity contribution in [1.29, 1.82) is 0 Å². The Kier molecular flexibility index (Phi) is 5.13. The molecule has 0 aliphatic carbocycles. The molecule has 5 heteroatoms. The summed E-state index contributed by atoms with van der Waals surface area (Å²) in [6.45, 7) is 0.